The number of amides is 1. The summed E-state index contributed by atoms with van der Waals surface area (Å²) in [5.41, 5.74) is 3.28. The lowest BCUT2D eigenvalue weighted by Gasteiger charge is -2.38. The molecule has 2 saturated heterocycles. The van der Waals surface area contributed by atoms with E-state index in [0.29, 0.717) is 56.3 Å². The molecule has 0 saturated carbocycles. The fraction of sp³-hybridized carbons (Fsp3) is 0.517. The molecule has 1 N–H and O–H groups in total. The molecule has 5 rings (SSSR count). The first-order valence-corrected chi connectivity index (χ1v) is 14.3. The second kappa shape index (κ2) is 11.1. The van der Waals surface area contributed by atoms with Crippen LogP contribution in [0, 0.1) is 5.92 Å². The third-order valence-corrected chi connectivity index (χ3v) is 8.38. The summed E-state index contributed by atoms with van der Waals surface area (Å²) in [4.78, 5) is 31.7. The molecule has 2 aromatic heterocycles. The van der Waals surface area contributed by atoms with Crippen LogP contribution in [0.2, 0.25) is 10.2 Å². The molecular weight excluding hydrogens is 537 g/mol. The molecule has 1 aromatic carbocycles. The fourth-order valence-corrected chi connectivity index (χ4v) is 6.40. The number of aryl methyl sites for hydroxylation is 2. The van der Waals surface area contributed by atoms with Crippen molar-refractivity contribution in [3.8, 4) is 0 Å². The van der Waals surface area contributed by atoms with Gasteiger partial charge in [-0.05, 0) is 48.4 Å². The Morgan fingerprint density at radius 1 is 1.18 bits per heavy atom. The van der Waals surface area contributed by atoms with Crippen LogP contribution < -0.4 is 0 Å². The molecule has 0 aliphatic carbocycles. The van der Waals surface area contributed by atoms with Crippen LogP contribution in [-0.4, -0.2) is 62.6 Å². The number of likely N-dealkylation sites (tertiary alicyclic amines) is 1. The number of aromatic amines is 1. The molecule has 2 aliphatic heterocycles. The summed E-state index contributed by atoms with van der Waals surface area (Å²) in [6, 6.07) is 4.14. The average Bonchev–Trinajstić information content (AvgIpc) is 3.42. The maximum Gasteiger partial charge on any atom is 0.245 e. The van der Waals surface area contributed by atoms with Gasteiger partial charge in [0.2, 0.25) is 5.91 Å². The highest BCUT2D eigenvalue weighted by molar-refractivity contribution is 6.32. The Labute approximate surface area is 238 Å². The minimum Gasteiger partial charge on any atom is -0.381 e. The number of Topliss-reactive ketones (excluding diaryl/α,β-unsaturated/α-hetero) is 1. The molecule has 3 aromatic rings. The Morgan fingerprint density at radius 2 is 1.90 bits per heavy atom. The molecule has 208 valence electrons. The third-order valence-electron chi connectivity index (χ3n) is 7.81. The molecule has 8 nitrogen and oxygen atoms in total. The Kier molecular flexibility index (Phi) is 7.91. The number of hydrogen-bond acceptors (Lipinski definition) is 5. The Balaban J connectivity index is 1.40. The molecule has 0 bridgehead atoms. The van der Waals surface area contributed by atoms with Crippen molar-refractivity contribution >= 4 is 45.8 Å². The highest BCUT2D eigenvalue weighted by Crippen LogP contribution is 2.35. The van der Waals surface area contributed by atoms with Crippen molar-refractivity contribution in [1.82, 2.24) is 24.6 Å². The first-order valence-electron chi connectivity index (χ1n) is 13.5. The minimum absolute atomic E-state index is 0.0302. The molecule has 4 heterocycles. The summed E-state index contributed by atoms with van der Waals surface area (Å²) in [6.07, 6.45) is 4.49. The number of fused-ring (bicyclic) bond motifs is 1. The highest BCUT2D eigenvalue weighted by atomic mass is 35.5. The van der Waals surface area contributed by atoms with Crippen LogP contribution in [0.15, 0.2) is 24.8 Å². The maximum absolute atomic E-state index is 13.5. The van der Waals surface area contributed by atoms with E-state index >= 15 is 0 Å². The Hall–Kier alpha value is -2.68. The quantitative estimate of drug-likeness (QED) is 0.276. The van der Waals surface area contributed by atoms with Gasteiger partial charge in [-0.25, -0.2) is 4.98 Å². The molecule has 0 spiro atoms. The molecule has 39 heavy (non-hydrogen) atoms. The van der Waals surface area contributed by atoms with Crippen LogP contribution in [0.4, 0.5) is 0 Å². The number of ketones is 1. The van der Waals surface area contributed by atoms with Crippen molar-refractivity contribution in [3.63, 3.8) is 0 Å². The monoisotopic (exact) mass is 571 g/mol. The number of rotatable bonds is 8. The zero-order valence-corrected chi connectivity index (χ0v) is 24.2. The molecule has 2 aliphatic rings. The first kappa shape index (κ1) is 27.9. The van der Waals surface area contributed by atoms with Crippen LogP contribution in [0.3, 0.4) is 0 Å². The van der Waals surface area contributed by atoms with Gasteiger partial charge in [0.05, 0.1) is 5.52 Å². The third kappa shape index (κ3) is 5.65. The van der Waals surface area contributed by atoms with Crippen molar-refractivity contribution in [3.05, 3.63) is 57.7 Å². The number of carbonyl (C=O) groups is 2. The fourth-order valence-electron chi connectivity index (χ4n) is 5.66. The van der Waals surface area contributed by atoms with Gasteiger partial charge < -0.3 is 14.2 Å². The summed E-state index contributed by atoms with van der Waals surface area (Å²) in [5.74, 6) is 0.770. The van der Waals surface area contributed by atoms with Crippen LogP contribution in [-0.2, 0) is 27.8 Å². The maximum atomic E-state index is 13.5. The number of nitrogens with zero attached hydrogens (tertiary/aromatic N) is 4. The van der Waals surface area contributed by atoms with Crippen LogP contribution >= 0.6 is 23.2 Å². The van der Waals surface area contributed by atoms with Crippen molar-refractivity contribution in [1.29, 1.82) is 0 Å². The SMILES string of the molecule is C=CC(=O)N1CC(CC(=O)c2c(Cl)nc(CCc3[nH]nc4cc(Cl)c(C(C)(C)C)cc34)n2C2CCOCC2)C1. The van der Waals surface area contributed by atoms with E-state index in [-0.39, 0.29) is 34.2 Å². The number of H-pyrrole nitrogens is 1. The minimum atomic E-state index is -0.102. The van der Waals surface area contributed by atoms with Crippen molar-refractivity contribution in [2.24, 2.45) is 5.92 Å². The lowest BCUT2D eigenvalue weighted by atomic mass is 9.86. The van der Waals surface area contributed by atoms with Gasteiger partial charge in [-0.1, -0.05) is 50.6 Å². The van der Waals surface area contributed by atoms with Gasteiger partial charge in [-0.2, -0.15) is 5.10 Å². The molecule has 0 atom stereocenters. The van der Waals surface area contributed by atoms with Crippen LogP contribution in [0.25, 0.3) is 10.9 Å². The van der Waals surface area contributed by atoms with E-state index in [0.717, 1.165) is 40.8 Å². The van der Waals surface area contributed by atoms with Gasteiger partial charge >= 0.3 is 0 Å². The normalized spacial score (nSPS) is 17.0. The largest absolute Gasteiger partial charge is 0.381 e. The number of carbonyl (C=O) groups excluding carboxylic acids is 2. The summed E-state index contributed by atoms with van der Waals surface area (Å²) < 4.78 is 7.66. The number of imidazole rings is 1. The van der Waals surface area contributed by atoms with Crippen molar-refractivity contribution in [2.45, 2.75) is 64.3 Å². The number of aromatic nitrogens is 4. The van der Waals surface area contributed by atoms with E-state index in [1.165, 1.54) is 6.08 Å². The molecule has 10 heteroatoms. The standard InChI is InChI=1S/C29H35Cl2N5O3/c1-5-26(38)35-15-17(16-35)12-24(37)27-28(31)32-25(36(27)18-8-10-39-11-9-18)7-6-22-19-13-20(29(2,3)4)21(30)14-23(19)34-33-22/h5,13-14,17-18H,1,6-12,15-16H2,2-4H3,(H,33,34). The number of benzene rings is 1. The molecule has 0 unspecified atom stereocenters. The molecule has 1 amide bonds. The lowest BCUT2D eigenvalue weighted by molar-refractivity contribution is -0.132. The number of ether oxygens (including phenoxy) is 1. The summed E-state index contributed by atoms with van der Waals surface area (Å²) in [5, 5.41) is 9.67. The zero-order chi connectivity index (χ0) is 27.9. The van der Waals surface area contributed by atoms with Gasteiger partial charge in [-0.15, -0.1) is 0 Å². The summed E-state index contributed by atoms with van der Waals surface area (Å²) in [7, 11) is 0. The van der Waals surface area contributed by atoms with Gasteiger partial charge in [0.25, 0.3) is 0 Å². The smallest absolute Gasteiger partial charge is 0.245 e. The van der Waals surface area contributed by atoms with Gasteiger partial charge in [-0.3, -0.25) is 14.7 Å². The molecular formula is C29H35Cl2N5O3. The summed E-state index contributed by atoms with van der Waals surface area (Å²) >= 11 is 13.2. The first-order chi connectivity index (χ1) is 18.6. The Morgan fingerprint density at radius 3 is 2.56 bits per heavy atom. The number of nitrogens with one attached hydrogen (secondary N) is 1. The van der Waals surface area contributed by atoms with Crippen molar-refractivity contribution in [2.75, 3.05) is 26.3 Å². The van der Waals surface area contributed by atoms with Gasteiger partial charge in [0, 0.05) is 67.2 Å². The zero-order valence-electron chi connectivity index (χ0n) is 22.7. The van der Waals surface area contributed by atoms with E-state index in [1.807, 2.05) is 6.07 Å². The second-order valence-corrected chi connectivity index (χ2v) is 12.4. The van der Waals surface area contributed by atoms with Gasteiger partial charge in [0.1, 0.15) is 11.5 Å². The summed E-state index contributed by atoms with van der Waals surface area (Å²) in [6.45, 7) is 12.3. The lowest BCUT2D eigenvalue weighted by Crippen LogP contribution is -2.50. The average molecular weight is 573 g/mol. The Bertz CT molecular complexity index is 1410. The van der Waals surface area contributed by atoms with E-state index < -0.39 is 0 Å². The second-order valence-electron chi connectivity index (χ2n) is 11.6. The van der Waals surface area contributed by atoms with Crippen LogP contribution in [0.1, 0.15) is 73.6 Å². The van der Waals surface area contributed by atoms with Crippen LogP contribution in [0.5, 0.6) is 0 Å². The predicted molar refractivity (Wildman–Crippen MR) is 153 cm³/mol. The molecule has 0 radical (unpaired) electrons. The van der Waals surface area contributed by atoms with E-state index in [1.54, 1.807) is 4.90 Å². The van der Waals surface area contributed by atoms with E-state index in [2.05, 4.69) is 48.2 Å². The molecule has 2 fully saturated rings. The predicted octanol–water partition coefficient (Wildman–Crippen LogP) is 5.72. The number of halogens is 2. The van der Waals surface area contributed by atoms with Gasteiger partial charge in [0.15, 0.2) is 10.9 Å². The topological polar surface area (TPSA) is 93.1 Å². The number of hydrogen-bond donors (Lipinski definition) is 1. The van der Waals surface area contributed by atoms with E-state index in [4.69, 9.17) is 32.9 Å². The highest BCUT2D eigenvalue weighted by Gasteiger charge is 2.34. The van der Waals surface area contributed by atoms with E-state index in [9.17, 15) is 9.59 Å². The van der Waals surface area contributed by atoms with Crippen molar-refractivity contribution < 1.29 is 14.3 Å².